The molecule has 0 radical (unpaired) electrons. The van der Waals surface area contributed by atoms with Crippen molar-refractivity contribution >= 4 is 28.8 Å². The Bertz CT molecular complexity index is 752. The van der Waals surface area contributed by atoms with Crippen LogP contribution in [0.5, 0.6) is 0 Å². The van der Waals surface area contributed by atoms with E-state index < -0.39 is 0 Å². The number of rotatable bonds is 5. The molecule has 0 unspecified atom stereocenters. The third kappa shape index (κ3) is 3.67. The summed E-state index contributed by atoms with van der Waals surface area (Å²) in [6.07, 6.45) is 1.50. The summed E-state index contributed by atoms with van der Waals surface area (Å²) in [7, 11) is 3.18. The van der Waals surface area contributed by atoms with Gasteiger partial charge in [-0.3, -0.25) is 9.98 Å². The maximum absolute atomic E-state index is 6.18. The van der Waals surface area contributed by atoms with Gasteiger partial charge in [0.25, 0.3) is 0 Å². The van der Waals surface area contributed by atoms with Gasteiger partial charge in [-0.25, -0.2) is 0 Å². The minimum Gasteiger partial charge on any atom is -0.360 e. The summed E-state index contributed by atoms with van der Waals surface area (Å²) in [6.45, 7) is 0.826. The fourth-order valence-electron chi connectivity index (χ4n) is 2.48. The van der Waals surface area contributed by atoms with E-state index in [4.69, 9.17) is 26.1 Å². The third-order valence-electron chi connectivity index (χ3n) is 3.71. The van der Waals surface area contributed by atoms with Gasteiger partial charge in [-0.15, -0.1) is 0 Å². The van der Waals surface area contributed by atoms with Crippen LogP contribution in [0.3, 0.4) is 0 Å². The Kier molecular flexibility index (Phi) is 5.30. The van der Waals surface area contributed by atoms with E-state index in [1.165, 1.54) is 0 Å². The lowest BCUT2D eigenvalue weighted by atomic mass is 10.1. The number of benzodiazepines with no additional fused rings is 1. The van der Waals surface area contributed by atoms with Gasteiger partial charge in [0.15, 0.2) is 6.29 Å². The van der Waals surface area contributed by atoms with Crippen molar-refractivity contribution in [1.82, 2.24) is 4.98 Å². The standard InChI is InChI=1S/C17H19ClN4O2/c1-23-16(24-2)10-20-15-9-21-17(14-4-3-7-19-14)12-8-11(18)5-6-13(12)22-15/h3-8,16,19H,9-10H2,1-2H3,(H,20,22). The molecule has 126 valence electrons. The Balaban J connectivity index is 1.95. The zero-order valence-electron chi connectivity index (χ0n) is 13.5. The first kappa shape index (κ1) is 16.7. The number of hydrogen-bond acceptors (Lipinski definition) is 4. The first-order valence-corrected chi connectivity index (χ1v) is 7.93. The second kappa shape index (κ2) is 7.61. The Hall–Kier alpha value is -2.15. The second-order valence-corrected chi connectivity index (χ2v) is 5.69. The predicted molar refractivity (Wildman–Crippen MR) is 96.5 cm³/mol. The van der Waals surface area contributed by atoms with Crippen molar-refractivity contribution in [3.05, 3.63) is 52.8 Å². The summed E-state index contributed by atoms with van der Waals surface area (Å²) in [4.78, 5) is 12.4. The molecule has 7 heteroatoms. The van der Waals surface area contributed by atoms with Crippen LogP contribution >= 0.6 is 11.6 Å². The highest BCUT2D eigenvalue weighted by Crippen LogP contribution is 2.25. The number of amidine groups is 1. The summed E-state index contributed by atoms with van der Waals surface area (Å²) in [6, 6.07) is 9.60. The number of H-pyrrole nitrogens is 1. The number of aromatic amines is 1. The molecule has 3 rings (SSSR count). The largest absolute Gasteiger partial charge is 0.360 e. The molecule has 0 amide bonds. The van der Waals surface area contributed by atoms with Crippen LogP contribution in [0.1, 0.15) is 11.3 Å². The number of aliphatic imine (C=N–C) groups is 2. The van der Waals surface area contributed by atoms with Crippen LogP contribution in [-0.2, 0) is 9.47 Å². The van der Waals surface area contributed by atoms with Crippen molar-refractivity contribution in [3.63, 3.8) is 0 Å². The van der Waals surface area contributed by atoms with Gasteiger partial charge < -0.3 is 19.8 Å². The number of nitrogens with one attached hydrogen (secondary N) is 2. The molecule has 0 fully saturated rings. The average molecular weight is 347 g/mol. The highest BCUT2D eigenvalue weighted by atomic mass is 35.5. The van der Waals surface area contributed by atoms with Crippen molar-refractivity contribution in [2.45, 2.75) is 6.29 Å². The Morgan fingerprint density at radius 2 is 2.12 bits per heavy atom. The second-order valence-electron chi connectivity index (χ2n) is 5.25. The molecule has 1 aliphatic heterocycles. The van der Waals surface area contributed by atoms with E-state index in [1.807, 2.05) is 36.5 Å². The molecule has 0 saturated carbocycles. The maximum atomic E-state index is 6.18. The molecule has 0 saturated heterocycles. The molecule has 0 aliphatic carbocycles. The molecule has 0 atom stereocenters. The van der Waals surface area contributed by atoms with E-state index in [0.717, 1.165) is 28.5 Å². The molecule has 1 aliphatic rings. The van der Waals surface area contributed by atoms with Crippen molar-refractivity contribution in [3.8, 4) is 0 Å². The van der Waals surface area contributed by atoms with E-state index in [1.54, 1.807) is 14.2 Å². The van der Waals surface area contributed by atoms with E-state index >= 15 is 0 Å². The van der Waals surface area contributed by atoms with Crippen LogP contribution in [0, 0.1) is 0 Å². The summed E-state index contributed by atoms with van der Waals surface area (Å²) in [5.41, 5.74) is 3.64. The number of anilines is 1. The number of halogens is 1. The zero-order chi connectivity index (χ0) is 16.9. The van der Waals surface area contributed by atoms with E-state index in [2.05, 4.69) is 15.3 Å². The normalized spacial score (nSPS) is 15.8. The minimum absolute atomic E-state index is 0.376. The first-order valence-electron chi connectivity index (χ1n) is 7.55. The lowest BCUT2D eigenvalue weighted by molar-refractivity contribution is -0.0936. The van der Waals surface area contributed by atoms with Gasteiger partial charge in [0.1, 0.15) is 5.84 Å². The van der Waals surface area contributed by atoms with Gasteiger partial charge in [0.2, 0.25) is 0 Å². The lowest BCUT2D eigenvalue weighted by Gasteiger charge is -2.13. The molecule has 6 nitrogen and oxygen atoms in total. The van der Waals surface area contributed by atoms with Crippen LogP contribution in [0.15, 0.2) is 46.5 Å². The fraction of sp³-hybridized carbons (Fsp3) is 0.294. The van der Waals surface area contributed by atoms with Gasteiger partial charge in [-0.05, 0) is 30.3 Å². The quantitative estimate of drug-likeness (QED) is 0.818. The SMILES string of the molecule is COC(CN=C1CN=C(c2ccc[nH]2)c2cc(Cl)ccc2N1)OC. The number of hydrogen-bond donors (Lipinski definition) is 2. The molecule has 1 aromatic carbocycles. The van der Waals surface area contributed by atoms with Crippen molar-refractivity contribution in [1.29, 1.82) is 0 Å². The number of benzene rings is 1. The number of aromatic nitrogens is 1. The molecular weight excluding hydrogens is 328 g/mol. The van der Waals surface area contributed by atoms with Crippen LogP contribution in [0.2, 0.25) is 5.02 Å². The van der Waals surface area contributed by atoms with Gasteiger partial charge in [0, 0.05) is 36.7 Å². The summed E-state index contributed by atoms with van der Waals surface area (Å²) in [5.74, 6) is 0.749. The molecule has 0 spiro atoms. The van der Waals surface area contributed by atoms with Crippen molar-refractivity contribution in [2.24, 2.45) is 9.98 Å². The first-order chi connectivity index (χ1) is 11.7. The van der Waals surface area contributed by atoms with Crippen molar-refractivity contribution < 1.29 is 9.47 Å². The number of methoxy groups -OCH3 is 2. The lowest BCUT2D eigenvalue weighted by Crippen LogP contribution is -2.21. The van der Waals surface area contributed by atoms with Gasteiger partial charge in [-0.2, -0.15) is 0 Å². The number of fused-ring (bicyclic) bond motifs is 1. The average Bonchev–Trinajstić information content (AvgIpc) is 3.05. The summed E-state index contributed by atoms with van der Waals surface area (Å²) in [5, 5.41) is 4.00. The molecule has 2 aromatic rings. The van der Waals surface area contributed by atoms with Crippen molar-refractivity contribution in [2.75, 3.05) is 32.6 Å². The number of nitrogens with zero attached hydrogens (tertiary/aromatic N) is 2. The van der Waals surface area contributed by atoms with E-state index in [9.17, 15) is 0 Å². The highest BCUT2D eigenvalue weighted by molar-refractivity contribution is 6.31. The van der Waals surface area contributed by atoms with Crippen LogP contribution in [-0.4, -0.2) is 50.1 Å². The molecule has 1 aromatic heterocycles. The van der Waals surface area contributed by atoms with Crippen LogP contribution in [0.4, 0.5) is 5.69 Å². The Morgan fingerprint density at radius 3 is 2.83 bits per heavy atom. The number of ether oxygens (including phenoxy) is 2. The third-order valence-corrected chi connectivity index (χ3v) is 3.95. The maximum Gasteiger partial charge on any atom is 0.176 e. The monoisotopic (exact) mass is 346 g/mol. The van der Waals surface area contributed by atoms with Gasteiger partial charge in [-0.1, -0.05) is 11.6 Å². The molecular formula is C17H19ClN4O2. The zero-order valence-corrected chi connectivity index (χ0v) is 14.3. The topological polar surface area (TPSA) is 71.0 Å². The highest BCUT2D eigenvalue weighted by Gasteiger charge is 2.18. The van der Waals surface area contributed by atoms with Crippen LogP contribution < -0.4 is 5.32 Å². The smallest absolute Gasteiger partial charge is 0.176 e. The predicted octanol–water partition coefficient (Wildman–Crippen LogP) is 2.95. The van der Waals surface area contributed by atoms with Gasteiger partial charge in [0.05, 0.1) is 24.5 Å². The van der Waals surface area contributed by atoms with E-state index in [-0.39, 0.29) is 6.29 Å². The Morgan fingerprint density at radius 1 is 1.29 bits per heavy atom. The molecule has 2 N–H and O–H groups in total. The van der Waals surface area contributed by atoms with Gasteiger partial charge >= 0.3 is 0 Å². The minimum atomic E-state index is -0.376. The fourth-order valence-corrected chi connectivity index (χ4v) is 2.66. The van der Waals surface area contributed by atoms with Crippen LogP contribution in [0.25, 0.3) is 0 Å². The Labute approximate surface area is 145 Å². The van der Waals surface area contributed by atoms with E-state index in [0.29, 0.717) is 18.1 Å². The molecule has 0 bridgehead atoms. The summed E-state index contributed by atoms with van der Waals surface area (Å²) >= 11 is 6.18. The molecule has 24 heavy (non-hydrogen) atoms. The molecule has 2 heterocycles. The summed E-state index contributed by atoms with van der Waals surface area (Å²) < 4.78 is 10.3.